The minimum Gasteiger partial charge on any atom is -0.343 e. The van der Waals surface area contributed by atoms with E-state index in [9.17, 15) is 14.4 Å². The van der Waals surface area contributed by atoms with Crippen molar-refractivity contribution in [2.75, 3.05) is 33.2 Å². The van der Waals surface area contributed by atoms with E-state index in [0.717, 1.165) is 24.8 Å². The van der Waals surface area contributed by atoms with Crippen molar-refractivity contribution in [2.24, 2.45) is 5.73 Å². The number of benzene rings is 2. The van der Waals surface area contributed by atoms with Gasteiger partial charge in [0, 0.05) is 32.1 Å². The highest BCUT2D eigenvalue weighted by Crippen LogP contribution is 2.21. The number of nitrogens with zero attached hydrogens (tertiary/aromatic N) is 2. The molecule has 0 radical (unpaired) electrons. The lowest BCUT2D eigenvalue weighted by Crippen LogP contribution is -2.55. The average molecular weight is 536 g/mol. The molecule has 212 valence electrons. The molecule has 3 rings (SSSR count). The van der Waals surface area contributed by atoms with Crippen LogP contribution in [0.15, 0.2) is 60.7 Å². The quantitative estimate of drug-likeness (QED) is 0.325. The molecule has 0 bridgehead atoms. The third kappa shape index (κ3) is 9.48. The van der Waals surface area contributed by atoms with Crippen LogP contribution in [0.3, 0.4) is 0 Å². The molecule has 8 nitrogen and oxygen atoms in total. The lowest BCUT2D eigenvalue weighted by molar-refractivity contribution is -0.139. The Morgan fingerprint density at radius 3 is 2.28 bits per heavy atom. The molecule has 0 saturated carbocycles. The molecule has 4 N–H and O–H groups in total. The predicted octanol–water partition coefficient (Wildman–Crippen LogP) is 2.51. The minimum absolute atomic E-state index is 0.0760. The van der Waals surface area contributed by atoms with Gasteiger partial charge in [-0.25, -0.2) is 0 Å². The summed E-state index contributed by atoms with van der Waals surface area (Å²) in [6.07, 6.45) is 4.73. The van der Waals surface area contributed by atoms with Crippen molar-refractivity contribution in [3.8, 4) is 0 Å². The van der Waals surface area contributed by atoms with Gasteiger partial charge in [-0.3, -0.25) is 14.4 Å². The second-order valence-electron chi connectivity index (χ2n) is 10.4. The van der Waals surface area contributed by atoms with Crippen LogP contribution < -0.4 is 16.4 Å². The van der Waals surface area contributed by atoms with Gasteiger partial charge in [-0.05, 0) is 70.2 Å². The van der Waals surface area contributed by atoms with E-state index in [1.807, 2.05) is 58.3 Å². The number of carbonyl (C=O) groups is 3. The zero-order valence-electron chi connectivity index (χ0n) is 23.5. The van der Waals surface area contributed by atoms with E-state index >= 15 is 0 Å². The molecule has 3 atom stereocenters. The van der Waals surface area contributed by atoms with E-state index in [4.69, 9.17) is 5.73 Å². The van der Waals surface area contributed by atoms with Crippen molar-refractivity contribution in [1.82, 2.24) is 20.4 Å². The Morgan fingerprint density at radius 1 is 1.03 bits per heavy atom. The standard InChI is InChI=1S/C31H45N5O3/c1-24(33-2)30(38)34-28(16-9-20-32)31(39)36-21-10-15-27(36)23-35(22-19-26-13-7-4-8-14-26)29(37)18-17-25-11-5-3-6-12-25/h3-8,11-14,24,27-28,33H,9-10,15-23,32H2,1-2H3,(H,34,38)/t24-,27-,28-/m0/s1. The number of carbonyl (C=O) groups excluding carboxylic acids is 3. The monoisotopic (exact) mass is 535 g/mol. The van der Waals surface area contributed by atoms with Gasteiger partial charge >= 0.3 is 0 Å². The van der Waals surface area contributed by atoms with Crippen molar-refractivity contribution in [3.63, 3.8) is 0 Å². The van der Waals surface area contributed by atoms with Crippen LogP contribution >= 0.6 is 0 Å². The molecule has 39 heavy (non-hydrogen) atoms. The number of hydrogen-bond acceptors (Lipinski definition) is 5. The van der Waals surface area contributed by atoms with E-state index in [1.165, 1.54) is 5.56 Å². The lowest BCUT2D eigenvalue weighted by Gasteiger charge is -2.33. The molecule has 2 aromatic rings. The van der Waals surface area contributed by atoms with Crippen LogP contribution in [-0.2, 0) is 27.2 Å². The molecular weight excluding hydrogens is 490 g/mol. The Labute approximate surface area is 233 Å². The van der Waals surface area contributed by atoms with Crippen LogP contribution in [0.2, 0.25) is 0 Å². The van der Waals surface area contributed by atoms with E-state index in [2.05, 4.69) is 22.8 Å². The number of rotatable bonds is 15. The Balaban J connectivity index is 1.71. The summed E-state index contributed by atoms with van der Waals surface area (Å²) in [5, 5.41) is 5.86. The Kier molecular flexibility index (Phi) is 12.4. The maximum atomic E-state index is 13.7. The molecule has 1 aliphatic heterocycles. The highest BCUT2D eigenvalue weighted by molar-refractivity contribution is 5.90. The molecule has 1 heterocycles. The fourth-order valence-corrected chi connectivity index (χ4v) is 5.06. The SMILES string of the molecule is CN[C@@H](C)C(=O)N[C@@H](CCCN)C(=O)N1CCC[C@H]1CN(CCc1ccccc1)C(=O)CCc1ccccc1. The van der Waals surface area contributed by atoms with Crippen molar-refractivity contribution in [3.05, 3.63) is 71.8 Å². The largest absolute Gasteiger partial charge is 0.343 e. The smallest absolute Gasteiger partial charge is 0.245 e. The van der Waals surface area contributed by atoms with Crippen LogP contribution in [-0.4, -0.2) is 78.9 Å². The molecule has 2 aromatic carbocycles. The second-order valence-corrected chi connectivity index (χ2v) is 10.4. The van der Waals surface area contributed by atoms with Gasteiger partial charge in [0.25, 0.3) is 0 Å². The zero-order chi connectivity index (χ0) is 28.0. The number of likely N-dealkylation sites (N-methyl/N-ethyl adjacent to an activating group) is 1. The van der Waals surface area contributed by atoms with Crippen LogP contribution in [0.5, 0.6) is 0 Å². The van der Waals surface area contributed by atoms with Crippen molar-refractivity contribution >= 4 is 17.7 Å². The fraction of sp³-hybridized carbons (Fsp3) is 0.516. The van der Waals surface area contributed by atoms with Gasteiger partial charge in [-0.15, -0.1) is 0 Å². The zero-order valence-corrected chi connectivity index (χ0v) is 23.5. The predicted molar refractivity (Wildman–Crippen MR) is 155 cm³/mol. The number of nitrogens with two attached hydrogens (primary N) is 1. The summed E-state index contributed by atoms with van der Waals surface area (Å²) in [5.41, 5.74) is 8.05. The Morgan fingerprint density at radius 2 is 1.67 bits per heavy atom. The summed E-state index contributed by atoms with van der Waals surface area (Å²) in [5.74, 6) is -0.184. The molecule has 3 amide bonds. The minimum atomic E-state index is -0.621. The number of nitrogens with one attached hydrogen (secondary N) is 2. The van der Waals surface area contributed by atoms with Gasteiger partial charge in [0.1, 0.15) is 6.04 Å². The second kappa shape index (κ2) is 16.0. The molecule has 0 spiro atoms. The highest BCUT2D eigenvalue weighted by Gasteiger charge is 2.35. The third-order valence-corrected chi connectivity index (χ3v) is 7.57. The third-order valence-electron chi connectivity index (χ3n) is 7.57. The topological polar surface area (TPSA) is 108 Å². The first-order valence-electron chi connectivity index (χ1n) is 14.3. The number of amides is 3. The van der Waals surface area contributed by atoms with Crippen LogP contribution in [0, 0.1) is 0 Å². The summed E-state index contributed by atoms with van der Waals surface area (Å²) >= 11 is 0. The van der Waals surface area contributed by atoms with E-state index in [1.54, 1.807) is 14.0 Å². The molecule has 0 aliphatic carbocycles. The van der Waals surface area contributed by atoms with Gasteiger partial charge in [-0.1, -0.05) is 60.7 Å². The first kappa shape index (κ1) is 30.3. The van der Waals surface area contributed by atoms with Gasteiger partial charge < -0.3 is 26.2 Å². The number of hydrogen-bond donors (Lipinski definition) is 3. The van der Waals surface area contributed by atoms with Gasteiger partial charge in [0.2, 0.25) is 17.7 Å². The Bertz CT molecular complexity index is 1030. The van der Waals surface area contributed by atoms with Crippen LogP contribution in [0.4, 0.5) is 0 Å². The number of likely N-dealkylation sites (tertiary alicyclic amines) is 1. The van der Waals surface area contributed by atoms with E-state index in [0.29, 0.717) is 51.9 Å². The molecule has 0 aromatic heterocycles. The molecular formula is C31H45N5O3. The maximum absolute atomic E-state index is 13.7. The molecule has 0 unspecified atom stereocenters. The van der Waals surface area contributed by atoms with E-state index < -0.39 is 12.1 Å². The first-order valence-corrected chi connectivity index (χ1v) is 14.3. The van der Waals surface area contributed by atoms with Crippen molar-refractivity contribution < 1.29 is 14.4 Å². The van der Waals surface area contributed by atoms with Crippen molar-refractivity contribution in [1.29, 1.82) is 0 Å². The molecule has 1 aliphatic rings. The summed E-state index contributed by atoms with van der Waals surface area (Å²) in [7, 11) is 1.72. The van der Waals surface area contributed by atoms with Crippen molar-refractivity contribution in [2.45, 2.75) is 70.0 Å². The average Bonchev–Trinajstić information content (AvgIpc) is 3.44. The highest BCUT2D eigenvalue weighted by atomic mass is 16.2. The van der Waals surface area contributed by atoms with Crippen LogP contribution in [0.25, 0.3) is 0 Å². The fourth-order valence-electron chi connectivity index (χ4n) is 5.06. The van der Waals surface area contributed by atoms with Gasteiger partial charge in [0.15, 0.2) is 0 Å². The van der Waals surface area contributed by atoms with Gasteiger partial charge in [-0.2, -0.15) is 0 Å². The normalized spacial score (nSPS) is 16.5. The Hall–Kier alpha value is -3.23. The van der Waals surface area contributed by atoms with Gasteiger partial charge in [0.05, 0.1) is 6.04 Å². The molecule has 1 saturated heterocycles. The summed E-state index contributed by atoms with van der Waals surface area (Å²) in [6.45, 7) is 3.95. The first-order chi connectivity index (χ1) is 18.9. The van der Waals surface area contributed by atoms with Crippen LogP contribution in [0.1, 0.15) is 50.2 Å². The summed E-state index contributed by atoms with van der Waals surface area (Å²) in [4.78, 5) is 43.6. The lowest BCUT2D eigenvalue weighted by atomic mass is 10.1. The maximum Gasteiger partial charge on any atom is 0.245 e. The summed E-state index contributed by atoms with van der Waals surface area (Å²) < 4.78 is 0. The molecule has 1 fully saturated rings. The molecule has 8 heteroatoms. The number of aryl methyl sites for hydroxylation is 1. The van der Waals surface area contributed by atoms with E-state index in [-0.39, 0.29) is 23.8 Å². The summed E-state index contributed by atoms with van der Waals surface area (Å²) in [6, 6.07) is 19.1.